The first-order chi connectivity index (χ1) is 8.61. The lowest BCUT2D eigenvalue weighted by Gasteiger charge is -2.32. The number of carbonyl (C=O) groups is 1. The molecule has 2 heterocycles. The van der Waals surface area contributed by atoms with Gasteiger partial charge in [-0.3, -0.25) is 15.1 Å². The van der Waals surface area contributed by atoms with E-state index in [1.165, 1.54) is 33.3 Å². The van der Waals surface area contributed by atoms with Crippen LogP contribution in [0.1, 0.15) is 27.0 Å². The van der Waals surface area contributed by atoms with E-state index in [0.29, 0.717) is 10.9 Å². The second kappa shape index (κ2) is 6.06. The molecule has 0 radical (unpaired) electrons. The van der Waals surface area contributed by atoms with Gasteiger partial charge < -0.3 is 0 Å². The number of hydrogen-bond donors (Lipinski definition) is 2. The highest BCUT2D eigenvalue weighted by molar-refractivity contribution is 7.99. The lowest BCUT2D eigenvalue weighted by Crippen LogP contribution is -2.39. The van der Waals surface area contributed by atoms with Gasteiger partial charge in [-0.25, -0.2) is 5.84 Å². The normalized spacial score (nSPS) is 20.9. The summed E-state index contributed by atoms with van der Waals surface area (Å²) in [5.74, 6) is 7.36. The van der Waals surface area contributed by atoms with E-state index in [-0.39, 0.29) is 5.91 Å². The number of thiophene rings is 1. The van der Waals surface area contributed by atoms with Gasteiger partial charge in [-0.2, -0.15) is 11.8 Å². The summed E-state index contributed by atoms with van der Waals surface area (Å²) in [6.07, 6.45) is 0. The maximum Gasteiger partial charge on any atom is 0.275 e. The van der Waals surface area contributed by atoms with Gasteiger partial charge in [-0.05, 0) is 25.5 Å². The molecule has 3 N–H and O–H groups in total. The molecule has 1 aromatic rings. The van der Waals surface area contributed by atoms with Crippen LogP contribution in [-0.4, -0.2) is 34.9 Å². The second-order valence-electron chi connectivity index (χ2n) is 4.56. The van der Waals surface area contributed by atoms with E-state index >= 15 is 0 Å². The number of aryl methyl sites for hydroxylation is 1. The molecular weight excluding hydrogens is 266 g/mol. The summed E-state index contributed by atoms with van der Waals surface area (Å²) in [5, 5.41) is 0. The van der Waals surface area contributed by atoms with Crippen molar-refractivity contribution in [2.75, 3.05) is 18.1 Å². The van der Waals surface area contributed by atoms with E-state index in [2.05, 4.69) is 24.2 Å². The lowest BCUT2D eigenvalue weighted by atomic mass is 10.2. The Bertz CT molecular complexity index is 433. The summed E-state index contributed by atoms with van der Waals surface area (Å²) >= 11 is 3.53. The number of nitrogens with one attached hydrogen (secondary N) is 1. The van der Waals surface area contributed by atoms with Crippen molar-refractivity contribution in [3.8, 4) is 0 Å². The Labute approximate surface area is 116 Å². The zero-order valence-electron chi connectivity index (χ0n) is 10.7. The minimum atomic E-state index is -0.198. The predicted molar refractivity (Wildman–Crippen MR) is 77.9 cm³/mol. The Balaban J connectivity index is 2.09. The largest absolute Gasteiger partial charge is 0.295 e. The Kier molecular flexibility index (Phi) is 4.66. The Morgan fingerprint density at radius 2 is 2.44 bits per heavy atom. The first kappa shape index (κ1) is 13.9. The number of hydrazine groups is 1. The van der Waals surface area contributed by atoms with Crippen LogP contribution >= 0.6 is 23.1 Å². The number of rotatable bonds is 3. The molecule has 1 aromatic heterocycles. The number of nitrogens with zero attached hydrogens (tertiary/aromatic N) is 1. The quantitative estimate of drug-likeness (QED) is 0.503. The maximum absolute atomic E-state index is 11.5. The average molecular weight is 285 g/mol. The zero-order valence-corrected chi connectivity index (χ0v) is 12.4. The molecule has 1 aliphatic rings. The van der Waals surface area contributed by atoms with Crippen molar-refractivity contribution in [3.63, 3.8) is 0 Å². The van der Waals surface area contributed by atoms with Gasteiger partial charge in [-0.1, -0.05) is 0 Å². The molecule has 4 nitrogen and oxygen atoms in total. The van der Waals surface area contributed by atoms with Gasteiger partial charge in [0.2, 0.25) is 0 Å². The number of nitrogens with two attached hydrogens (primary N) is 1. The van der Waals surface area contributed by atoms with Crippen LogP contribution in [0, 0.1) is 6.92 Å². The number of amides is 1. The third kappa shape index (κ3) is 3.06. The number of nitrogen functional groups attached to an aromatic ring is 1. The molecule has 1 aliphatic heterocycles. The van der Waals surface area contributed by atoms with Gasteiger partial charge in [0.25, 0.3) is 5.91 Å². The molecule has 0 aromatic carbocycles. The van der Waals surface area contributed by atoms with Crippen LogP contribution in [0.3, 0.4) is 0 Å². The standard InChI is InChI=1S/C12H19N3OS2/c1-8-7-17-4-3-15(8)6-10-5-11(12(16)14-13)18-9(10)2/h5,8H,3-4,6-7,13H2,1-2H3,(H,14,16). The summed E-state index contributed by atoms with van der Waals surface area (Å²) in [4.78, 5) is 15.9. The fraction of sp³-hybridized carbons (Fsp3) is 0.583. The van der Waals surface area contributed by atoms with Crippen molar-refractivity contribution in [2.24, 2.45) is 5.84 Å². The van der Waals surface area contributed by atoms with Crippen molar-refractivity contribution in [3.05, 3.63) is 21.4 Å². The summed E-state index contributed by atoms with van der Waals surface area (Å²) < 4.78 is 0. The third-order valence-corrected chi connectivity index (χ3v) is 5.54. The van der Waals surface area contributed by atoms with Crippen LogP contribution in [-0.2, 0) is 6.54 Å². The summed E-state index contributed by atoms with van der Waals surface area (Å²) in [6, 6.07) is 2.58. The molecule has 1 amide bonds. The molecule has 1 saturated heterocycles. The van der Waals surface area contributed by atoms with E-state index in [1.807, 2.05) is 17.8 Å². The molecular formula is C12H19N3OS2. The van der Waals surface area contributed by atoms with E-state index in [1.54, 1.807) is 0 Å². The van der Waals surface area contributed by atoms with Gasteiger partial charge in [-0.15, -0.1) is 11.3 Å². The molecule has 1 fully saturated rings. The Morgan fingerprint density at radius 3 is 3.11 bits per heavy atom. The van der Waals surface area contributed by atoms with Crippen molar-refractivity contribution < 1.29 is 4.79 Å². The van der Waals surface area contributed by atoms with Crippen LogP contribution in [0.2, 0.25) is 0 Å². The van der Waals surface area contributed by atoms with Crippen molar-refractivity contribution in [2.45, 2.75) is 26.4 Å². The van der Waals surface area contributed by atoms with Crippen LogP contribution in [0.25, 0.3) is 0 Å². The minimum Gasteiger partial charge on any atom is -0.295 e. The van der Waals surface area contributed by atoms with Gasteiger partial charge in [0.05, 0.1) is 4.88 Å². The molecule has 0 bridgehead atoms. The van der Waals surface area contributed by atoms with Crippen molar-refractivity contribution in [1.29, 1.82) is 0 Å². The highest BCUT2D eigenvalue weighted by atomic mass is 32.2. The van der Waals surface area contributed by atoms with Crippen LogP contribution in [0.15, 0.2) is 6.07 Å². The van der Waals surface area contributed by atoms with Gasteiger partial charge in [0.1, 0.15) is 0 Å². The van der Waals surface area contributed by atoms with Gasteiger partial charge >= 0.3 is 0 Å². The van der Waals surface area contributed by atoms with E-state index in [0.717, 1.165) is 13.1 Å². The van der Waals surface area contributed by atoms with Crippen LogP contribution < -0.4 is 11.3 Å². The fourth-order valence-electron chi connectivity index (χ4n) is 2.08. The van der Waals surface area contributed by atoms with Crippen LogP contribution in [0.5, 0.6) is 0 Å². The third-order valence-electron chi connectivity index (χ3n) is 3.25. The summed E-state index contributed by atoms with van der Waals surface area (Å²) in [7, 11) is 0. The molecule has 2 rings (SSSR count). The second-order valence-corrected chi connectivity index (χ2v) is 6.97. The van der Waals surface area contributed by atoms with Gasteiger partial charge in [0, 0.05) is 35.5 Å². The number of thioether (sulfide) groups is 1. The molecule has 1 atom stereocenters. The fourth-order valence-corrected chi connectivity index (χ4v) is 4.09. The molecule has 1 unspecified atom stereocenters. The molecule has 18 heavy (non-hydrogen) atoms. The van der Waals surface area contributed by atoms with Gasteiger partial charge in [0.15, 0.2) is 0 Å². The predicted octanol–water partition coefficient (Wildman–Crippen LogP) is 1.60. The molecule has 100 valence electrons. The van der Waals surface area contributed by atoms with Crippen molar-refractivity contribution in [1.82, 2.24) is 10.3 Å². The van der Waals surface area contributed by atoms with Crippen LogP contribution in [0.4, 0.5) is 0 Å². The van der Waals surface area contributed by atoms with E-state index in [9.17, 15) is 4.79 Å². The SMILES string of the molecule is Cc1sc(C(=O)NN)cc1CN1CCSCC1C. The smallest absolute Gasteiger partial charge is 0.275 e. The number of hydrogen-bond acceptors (Lipinski definition) is 5. The zero-order chi connectivity index (χ0) is 13.1. The molecule has 0 spiro atoms. The Hall–Kier alpha value is -0.560. The highest BCUT2D eigenvalue weighted by Crippen LogP contribution is 2.25. The maximum atomic E-state index is 11.5. The number of carbonyl (C=O) groups excluding carboxylic acids is 1. The summed E-state index contributed by atoms with van der Waals surface area (Å²) in [5.41, 5.74) is 3.44. The summed E-state index contributed by atoms with van der Waals surface area (Å²) in [6.45, 7) is 6.39. The minimum absolute atomic E-state index is 0.198. The van der Waals surface area contributed by atoms with E-state index in [4.69, 9.17) is 5.84 Å². The van der Waals surface area contributed by atoms with E-state index < -0.39 is 0 Å². The highest BCUT2D eigenvalue weighted by Gasteiger charge is 2.20. The first-order valence-electron chi connectivity index (χ1n) is 6.04. The lowest BCUT2D eigenvalue weighted by molar-refractivity contribution is 0.0957. The monoisotopic (exact) mass is 285 g/mol. The molecule has 6 heteroatoms. The van der Waals surface area contributed by atoms with Crippen molar-refractivity contribution >= 4 is 29.0 Å². The molecule has 0 aliphatic carbocycles. The first-order valence-corrected chi connectivity index (χ1v) is 8.01. The average Bonchev–Trinajstić information content (AvgIpc) is 2.73. The Morgan fingerprint density at radius 1 is 1.67 bits per heavy atom. The molecule has 0 saturated carbocycles. The topological polar surface area (TPSA) is 58.4 Å².